The quantitative estimate of drug-likeness (QED) is 0.558. The molecule has 0 aromatic heterocycles. The Morgan fingerprint density at radius 3 is 2.48 bits per heavy atom. The summed E-state index contributed by atoms with van der Waals surface area (Å²) in [6.45, 7) is 11.3. The Morgan fingerprint density at radius 1 is 1.09 bits per heavy atom. The molecule has 0 unspecified atom stereocenters. The fraction of sp³-hybridized carbons (Fsp3) is 0.667. The molecule has 1 aromatic rings. The molecule has 0 fully saturated rings. The van der Waals surface area contributed by atoms with Gasteiger partial charge in [-0.05, 0) is 44.1 Å². The molecule has 134 valence electrons. The Kier molecular flexibility index (Phi) is 12.1. The Balaban J connectivity index is 0.00000484. The molecule has 0 aliphatic carbocycles. The molecular formula is C18H32ClN2O2-. The van der Waals surface area contributed by atoms with Crippen LogP contribution in [0.1, 0.15) is 30.9 Å². The average molecular weight is 344 g/mol. The Labute approximate surface area is 148 Å². The van der Waals surface area contributed by atoms with E-state index in [0.717, 1.165) is 32.0 Å². The van der Waals surface area contributed by atoms with Gasteiger partial charge in [-0.25, -0.2) is 0 Å². The summed E-state index contributed by atoms with van der Waals surface area (Å²) in [5.41, 5.74) is 2.49. The molecular weight excluding hydrogens is 312 g/mol. The van der Waals surface area contributed by atoms with E-state index in [1.807, 2.05) is 0 Å². The monoisotopic (exact) mass is 343 g/mol. The predicted molar refractivity (Wildman–Crippen MR) is 93.0 cm³/mol. The van der Waals surface area contributed by atoms with Crippen LogP contribution in [0.5, 0.6) is 5.75 Å². The van der Waals surface area contributed by atoms with Crippen LogP contribution >= 0.6 is 0 Å². The van der Waals surface area contributed by atoms with E-state index < -0.39 is 0 Å². The van der Waals surface area contributed by atoms with Crippen molar-refractivity contribution in [2.24, 2.45) is 0 Å². The third kappa shape index (κ3) is 9.82. The van der Waals surface area contributed by atoms with Crippen molar-refractivity contribution < 1.29 is 21.9 Å². The molecule has 23 heavy (non-hydrogen) atoms. The molecule has 0 saturated heterocycles. The molecule has 0 saturated carbocycles. The van der Waals surface area contributed by atoms with Crippen LogP contribution in [0.2, 0.25) is 0 Å². The van der Waals surface area contributed by atoms with Crippen molar-refractivity contribution in [2.45, 2.75) is 26.7 Å². The molecule has 0 atom stereocenters. The summed E-state index contributed by atoms with van der Waals surface area (Å²) in [6.07, 6.45) is 0. The lowest BCUT2D eigenvalue weighted by molar-refractivity contribution is -0.00000566. The van der Waals surface area contributed by atoms with E-state index in [1.54, 1.807) is 0 Å². The highest BCUT2D eigenvalue weighted by molar-refractivity contribution is 5.37. The van der Waals surface area contributed by atoms with Crippen molar-refractivity contribution in [2.75, 3.05) is 53.6 Å². The van der Waals surface area contributed by atoms with Gasteiger partial charge in [-0.1, -0.05) is 26.0 Å². The second kappa shape index (κ2) is 12.6. The second-order valence-electron chi connectivity index (χ2n) is 6.19. The minimum absolute atomic E-state index is 0. The summed E-state index contributed by atoms with van der Waals surface area (Å²) in [7, 11) is 4.15. The second-order valence-corrected chi connectivity index (χ2v) is 6.19. The van der Waals surface area contributed by atoms with E-state index in [2.05, 4.69) is 63.3 Å². The molecule has 4 nitrogen and oxygen atoms in total. The highest BCUT2D eigenvalue weighted by Gasteiger charge is 2.04. The smallest absolute Gasteiger partial charge is 0.122 e. The van der Waals surface area contributed by atoms with Gasteiger partial charge in [-0.2, -0.15) is 0 Å². The van der Waals surface area contributed by atoms with Crippen LogP contribution in [0.4, 0.5) is 0 Å². The SMILES string of the molecule is Cc1ccc(C(C)C)cc1OCCOCCNCCN(C)C.[Cl-]. The summed E-state index contributed by atoms with van der Waals surface area (Å²) in [5.74, 6) is 1.49. The number of benzene rings is 1. The summed E-state index contributed by atoms with van der Waals surface area (Å²) in [5, 5.41) is 3.35. The van der Waals surface area contributed by atoms with Gasteiger partial charge in [-0.3, -0.25) is 0 Å². The van der Waals surface area contributed by atoms with Crippen LogP contribution in [-0.2, 0) is 4.74 Å². The van der Waals surface area contributed by atoms with E-state index in [9.17, 15) is 0 Å². The molecule has 1 N–H and O–H groups in total. The van der Waals surface area contributed by atoms with Gasteiger partial charge in [0.15, 0.2) is 0 Å². The number of hydrogen-bond acceptors (Lipinski definition) is 4. The summed E-state index contributed by atoms with van der Waals surface area (Å²) >= 11 is 0. The van der Waals surface area contributed by atoms with Crippen molar-refractivity contribution >= 4 is 0 Å². The standard InChI is InChI=1S/C18H32N2O2.ClH/c1-15(2)17-7-6-16(3)18(14-17)22-13-12-21-11-9-19-8-10-20(4)5;/h6-7,14-15,19H,8-13H2,1-5H3;1H/p-1. The summed E-state index contributed by atoms with van der Waals surface area (Å²) in [4.78, 5) is 2.16. The van der Waals surface area contributed by atoms with E-state index in [1.165, 1.54) is 11.1 Å². The lowest BCUT2D eigenvalue weighted by Crippen LogP contribution is -3.00. The third-order valence-corrected chi connectivity index (χ3v) is 3.52. The maximum atomic E-state index is 5.83. The number of aryl methyl sites for hydroxylation is 1. The number of halogens is 1. The maximum absolute atomic E-state index is 5.83. The molecule has 5 heteroatoms. The summed E-state index contributed by atoms with van der Waals surface area (Å²) < 4.78 is 11.4. The fourth-order valence-corrected chi connectivity index (χ4v) is 2.02. The first-order valence-electron chi connectivity index (χ1n) is 8.17. The normalized spacial score (nSPS) is 10.9. The number of nitrogens with zero attached hydrogens (tertiary/aromatic N) is 1. The van der Waals surface area contributed by atoms with Crippen LogP contribution in [-0.4, -0.2) is 58.5 Å². The van der Waals surface area contributed by atoms with Crippen LogP contribution < -0.4 is 22.5 Å². The molecule has 0 radical (unpaired) electrons. The molecule has 1 aromatic carbocycles. The number of rotatable bonds is 11. The van der Waals surface area contributed by atoms with E-state index >= 15 is 0 Å². The van der Waals surface area contributed by atoms with Crippen molar-refractivity contribution in [1.82, 2.24) is 10.2 Å². The molecule has 1 rings (SSSR count). The largest absolute Gasteiger partial charge is 1.00 e. The van der Waals surface area contributed by atoms with Gasteiger partial charge in [-0.15, -0.1) is 0 Å². The van der Waals surface area contributed by atoms with Crippen molar-refractivity contribution in [3.63, 3.8) is 0 Å². The van der Waals surface area contributed by atoms with Gasteiger partial charge in [0.25, 0.3) is 0 Å². The lowest BCUT2D eigenvalue weighted by Gasteiger charge is -2.13. The predicted octanol–water partition coefficient (Wildman–Crippen LogP) is -0.331. The number of ether oxygens (including phenoxy) is 2. The molecule has 0 amide bonds. The zero-order valence-electron chi connectivity index (χ0n) is 15.2. The molecule has 0 bridgehead atoms. The zero-order valence-corrected chi connectivity index (χ0v) is 15.9. The Bertz CT molecular complexity index is 425. The van der Waals surface area contributed by atoms with Crippen molar-refractivity contribution in [3.05, 3.63) is 29.3 Å². The maximum Gasteiger partial charge on any atom is 0.122 e. The highest BCUT2D eigenvalue weighted by atomic mass is 35.5. The van der Waals surface area contributed by atoms with Gasteiger partial charge in [0.1, 0.15) is 12.4 Å². The van der Waals surface area contributed by atoms with Gasteiger partial charge < -0.3 is 32.1 Å². The first-order chi connectivity index (χ1) is 10.5. The van der Waals surface area contributed by atoms with E-state index in [0.29, 0.717) is 19.1 Å². The van der Waals surface area contributed by atoms with Crippen molar-refractivity contribution in [3.8, 4) is 5.75 Å². The molecule has 0 spiro atoms. The van der Waals surface area contributed by atoms with Gasteiger partial charge in [0, 0.05) is 19.6 Å². The third-order valence-electron chi connectivity index (χ3n) is 3.52. The minimum Gasteiger partial charge on any atom is -1.00 e. The van der Waals surface area contributed by atoms with Crippen LogP contribution in [0.15, 0.2) is 18.2 Å². The zero-order chi connectivity index (χ0) is 16.4. The average Bonchev–Trinajstić information content (AvgIpc) is 2.46. The molecule has 0 heterocycles. The molecule has 0 aliphatic rings. The van der Waals surface area contributed by atoms with Gasteiger partial charge in [0.2, 0.25) is 0 Å². The first-order valence-corrected chi connectivity index (χ1v) is 8.17. The van der Waals surface area contributed by atoms with Crippen LogP contribution in [0.3, 0.4) is 0 Å². The fourth-order valence-electron chi connectivity index (χ4n) is 2.02. The minimum atomic E-state index is 0. The Morgan fingerprint density at radius 2 is 1.83 bits per heavy atom. The number of hydrogen-bond donors (Lipinski definition) is 1. The summed E-state index contributed by atoms with van der Waals surface area (Å²) in [6, 6.07) is 6.44. The first kappa shape index (κ1) is 22.2. The van der Waals surface area contributed by atoms with Gasteiger partial charge >= 0.3 is 0 Å². The van der Waals surface area contributed by atoms with E-state index in [4.69, 9.17) is 9.47 Å². The number of likely N-dealkylation sites (N-methyl/N-ethyl adjacent to an activating group) is 1. The van der Waals surface area contributed by atoms with Crippen LogP contribution in [0.25, 0.3) is 0 Å². The van der Waals surface area contributed by atoms with E-state index in [-0.39, 0.29) is 12.4 Å². The van der Waals surface area contributed by atoms with Gasteiger partial charge in [0.05, 0.1) is 13.2 Å². The Hall–Kier alpha value is -0.810. The topological polar surface area (TPSA) is 33.7 Å². The van der Waals surface area contributed by atoms with Crippen LogP contribution in [0, 0.1) is 6.92 Å². The molecule has 0 aliphatic heterocycles. The van der Waals surface area contributed by atoms with Crippen molar-refractivity contribution in [1.29, 1.82) is 0 Å². The highest BCUT2D eigenvalue weighted by Crippen LogP contribution is 2.24. The number of nitrogens with one attached hydrogen (secondary N) is 1. The lowest BCUT2D eigenvalue weighted by atomic mass is 10.0.